The first-order valence-corrected chi connectivity index (χ1v) is 10.7. The van der Waals surface area contributed by atoms with Crippen molar-refractivity contribution in [3.63, 3.8) is 0 Å². The van der Waals surface area contributed by atoms with Crippen molar-refractivity contribution in [1.29, 1.82) is 0 Å². The Hall–Kier alpha value is -3.90. The molecular weight excluding hydrogens is 453 g/mol. The number of hydrogen-bond acceptors (Lipinski definition) is 7. The molecule has 2 amide bonds. The topological polar surface area (TPSA) is 122 Å². The summed E-state index contributed by atoms with van der Waals surface area (Å²) in [7, 11) is 0. The fraction of sp³-hybridized carbons (Fsp3) is 0.381. The van der Waals surface area contributed by atoms with Crippen LogP contribution in [-0.4, -0.2) is 68.4 Å². The van der Waals surface area contributed by atoms with E-state index in [2.05, 4.69) is 20.4 Å². The molecule has 0 aliphatic carbocycles. The molecule has 34 heavy (non-hydrogen) atoms. The van der Waals surface area contributed by atoms with E-state index in [0.29, 0.717) is 37.3 Å². The van der Waals surface area contributed by atoms with E-state index in [1.807, 2.05) is 4.90 Å². The van der Waals surface area contributed by atoms with Crippen LogP contribution in [0.5, 0.6) is 0 Å². The smallest absolute Gasteiger partial charge is 0.282 e. The average Bonchev–Trinajstić information content (AvgIpc) is 3.12. The van der Waals surface area contributed by atoms with Crippen LogP contribution in [0.3, 0.4) is 0 Å². The summed E-state index contributed by atoms with van der Waals surface area (Å²) in [5.41, 5.74) is 7.10. The third-order valence-corrected chi connectivity index (χ3v) is 6.08. The summed E-state index contributed by atoms with van der Waals surface area (Å²) in [6.07, 6.45) is 6.12. The third kappa shape index (κ3) is 3.97. The Bertz CT molecular complexity index is 1260. The Morgan fingerprint density at radius 1 is 1.18 bits per heavy atom. The number of hydrogen-bond donors (Lipinski definition) is 2. The molecule has 13 heteroatoms. The number of carbonyl (C=O) groups is 2. The molecule has 3 aromatic rings. The molecule has 10 nitrogen and oxygen atoms in total. The maximum absolute atomic E-state index is 13.4. The normalized spacial score (nSPS) is 18.1. The van der Waals surface area contributed by atoms with Gasteiger partial charge in [0, 0.05) is 25.2 Å². The average molecular weight is 474 g/mol. The molecule has 0 radical (unpaired) electrons. The molecule has 2 aliphatic rings. The first-order valence-electron chi connectivity index (χ1n) is 10.7. The number of nitrogens with two attached hydrogens (primary N) is 1. The van der Waals surface area contributed by atoms with Gasteiger partial charge in [-0.25, -0.2) is 22.7 Å². The summed E-state index contributed by atoms with van der Waals surface area (Å²) < 4.78 is 40.7. The van der Waals surface area contributed by atoms with E-state index in [1.165, 1.54) is 11.1 Å². The zero-order chi connectivity index (χ0) is 24.0. The number of likely N-dealkylation sites (tertiary alicyclic amines) is 1. The van der Waals surface area contributed by atoms with Gasteiger partial charge in [-0.05, 0) is 18.9 Å². The van der Waals surface area contributed by atoms with Crippen LogP contribution in [0.1, 0.15) is 23.2 Å². The molecule has 3 N–H and O–H groups in total. The number of anilines is 3. The second kappa shape index (κ2) is 8.15. The van der Waals surface area contributed by atoms with E-state index in [-0.39, 0.29) is 28.9 Å². The second-order valence-corrected chi connectivity index (χ2v) is 8.46. The zero-order valence-electron chi connectivity index (χ0n) is 17.9. The first-order chi connectivity index (χ1) is 16.2. The number of piperidine rings is 1. The van der Waals surface area contributed by atoms with Gasteiger partial charge in [0.05, 0.1) is 43.1 Å². The molecule has 0 spiro atoms. The summed E-state index contributed by atoms with van der Waals surface area (Å²) in [5.74, 6) is -4.63. The van der Waals surface area contributed by atoms with Crippen molar-refractivity contribution < 1.29 is 22.8 Å². The van der Waals surface area contributed by atoms with Gasteiger partial charge in [0.1, 0.15) is 5.56 Å². The Kier molecular flexibility index (Phi) is 5.25. The summed E-state index contributed by atoms with van der Waals surface area (Å²) >= 11 is 0. The largest absolute Gasteiger partial charge is 0.381 e. The van der Waals surface area contributed by atoms with Gasteiger partial charge in [-0.3, -0.25) is 14.6 Å². The van der Waals surface area contributed by atoms with Gasteiger partial charge >= 0.3 is 0 Å². The first kappa shape index (κ1) is 21.9. The zero-order valence-corrected chi connectivity index (χ0v) is 17.9. The molecule has 0 aromatic carbocycles. The number of pyridine rings is 1. The molecule has 2 fully saturated rings. The summed E-state index contributed by atoms with van der Waals surface area (Å²) in [4.78, 5) is 36.7. The van der Waals surface area contributed by atoms with Crippen molar-refractivity contribution in [3.8, 4) is 0 Å². The quantitative estimate of drug-likeness (QED) is 0.591. The van der Waals surface area contributed by atoms with Crippen LogP contribution in [0.25, 0.3) is 5.65 Å². The Morgan fingerprint density at radius 2 is 1.91 bits per heavy atom. The van der Waals surface area contributed by atoms with E-state index < -0.39 is 30.7 Å². The van der Waals surface area contributed by atoms with Crippen LogP contribution in [0, 0.1) is 11.7 Å². The lowest BCUT2D eigenvalue weighted by Gasteiger charge is -2.42. The van der Waals surface area contributed by atoms with Crippen molar-refractivity contribution >= 4 is 34.7 Å². The molecule has 0 unspecified atom stereocenters. The van der Waals surface area contributed by atoms with Gasteiger partial charge in [0.25, 0.3) is 11.8 Å². The van der Waals surface area contributed by atoms with Crippen molar-refractivity contribution in [2.75, 3.05) is 42.1 Å². The Balaban J connectivity index is 1.29. The number of nitrogen functional groups attached to an aromatic ring is 1. The lowest BCUT2D eigenvalue weighted by Crippen LogP contribution is -2.60. The van der Waals surface area contributed by atoms with Crippen molar-refractivity contribution in [2.45, 2.75) is 18.8 Å². The number of nitrogens with zero attached hydrogens (tertiary/aromatic N) is 6. The van der Waals surface area contributed by atoms with Crippen molar-refractivity contribution in [2.24, 2.45) is 5.92 Å². The lowest BCUT2D eigenvalue weighted by atomic mass is 9.93. The van der Waals surface area contributed by atoms with Crippen LogP contribution in [0.4, 0.5) is 30.4 Å². The predicted molar refractivity (Wildman–Crippen MR) is 116 cm³/mol. The highest BCUT2D eigenvalue weighted by atomic mass is 19.3. The van der Waals surface area contributed by atoms with E-state index in [1.54, 1.807) is 12.3 Å². The van der Waals surface area contributed by atoms with Gasteiger partial charge in [-0.1, -0.05) is 0 Å². The standard InChI is InChI=1S/C21H21F3N8O2/c22-13-7-27-18-16(17(25)29-32(18)9-13)19(33)28-14-8-26-4-1-15(14)30-5-2-12(3-6-30)20(34)31-10-21(23,24)11-31/h1,4,7-9,12H,2-3,5-6,10-11H2,(H2,25,29)(H,28,33). The van der Waals surface area contributed by atoms with Crippen molar-refractivity contribution in [3.05, 3.63) is 42.2 Å². The Labute approximate surface area is 191 Å². The van der Waals surface area contributed by atoms with Gasteiger partial charge < -0.3 is 20.9 Å². The molecule has 5 rings (SSSR count). The number of nitrogens with one attached hydrogen (secondary N) is 1. The minimum absolute atomic E-state index is 0.00505. The monoisotopic (exact) mass is 474 g/mol. The summed E-state index contributed by atoms with van der Waals surface area (Å²) in [5, 5.41) is 6.70. The fourth-order valence-corrected chi connectivity index (χ4v) is 4.38. The van der Waals surface area contributed by atoms with E-state index in [4.69, 9.17) is 5.73 Å². The molecule has 178 valence electrons. The number of halogens is 3. The maximum atomic E-state index is 13.4. The van der Waals surface area contributed by atoms with Crippen LogP contribution in [0.15, 0.2) is 30.9 Å². The minimum Gasteiger partial charge on any atom is -0.381 e. The SMILES string of the molecule is Nc1nn2cc(F)cnc2c1C(=O)Nc1cnccc1N1CCC(C(=O)N2CC(F)(F)C2)CC1. The van der Waals surface area contributed by atoms with Crippen LogP contribution in [0.2, 0.25) is 0 Å². The summed E-state index contributed by atoms with van der Waals surface area (Å²) in [6.45, 7) is -0.0120. The number of rotatable bonds is 4. The number of alkyl halides is 2. The van der Waals surface area contributed by atoms with E-state index >= 15 is 0 Å². The van der Waals surface area contributed by atoms with Gasteiger partial charge in [0.15, 0.2) is 17.3 Å². The molecule has 2 saturated heterocycles. The predicted octanol–water partition coefficient (Wildman–Crippen LogP) is 1.79. The number of carbonyl (C=O) groups excluding carboxylic acids is 2. The number of fused-ring (bicyclic) bond motifs is 1. The van der Waals surface area contributed by atoms with E-state index in [0.717, 1.165) is 16.9 Å². The van der Waals surface area contributed by atoms with Gasteiger partial charge in [-0.15, -0.1) is 5.10 Å². The number of aromatic nitrogens is 4. The van der Waals surface area contributed by atoms with Crippen LogP contribution >= 0.6 is 0 Å². The summed E-state index contributed by atoms with van der Waals surface area (Å²) in [6, 6.07) is 1.74. The minimum atomic E-state index is -2.78. The third-order valence-electron chi connectivity index (χ3n) is 6.08. The lowest BCUT2D eigenvalue weighted by molar-refractivity contribution is -0.170. The molecule has 5 heterocycles. The van der Waals surface area contributed by atoms with E-state index in [9.17, 15) is 22.8 Å². The van der Waals surface area contributed by atoms with Gasteiger partial charge in [0.2, 0.25) is 5.91 Å². The van der Waals surface area contributed by atoms with Crippen LogP contribution < -0.4 is 16.0 Å². The second-order valence-electron chi connectivity index (χ2n) is 8.46. The highest BCUT2D eigenvalue weighted by Gasteiger charge is 2.47. The highest BCUT2D eigenvalue weighted by molar-refractivity contribution is 6.12. The van der Waals surface area contributed by atoms with Crippen molar-refractivity contribution in [1.82, 2.24) is 24.5 Å². The van der Waals surface area contributed by atoms with Gasteiger partial charge in [-0.2, -0.15) is 0 Å². The molecule has 3 aromatic heterocycles. The molecule has 0 saturated carbocycles. The molecule has 0 bridgehead atoms. The molecule has 0 atom stereocenters. The highest BCUT2D eigenvalue weighted by Crippen LogP contribution is 2.33. The van der Waals surface area contributed by atoms with Crippen LogP contribution in [-0.2, 0) is 4.79 Å². The Morgan fingerprint density at radius 3 is 2.62 bits per heavy atom. The molecular formula is C21H21F3N8O2. The molecule has 2 aliphatic heterocycles. The fourth-order valence-electron chi connectivity index (χ4n) is 4.38. The number of amides is 2. The maximum Gasteiger partial charge on any atom is 0.282 e.